The maximum Gasteiger partial charge on any atom is 2.00 e. The van der Waals surface area contributed by atoms with Crippen LogP contribution in [0.25, 0.3) is 0 Å². The fraction of sp³-hybridized carbons (Fsp3) is 0. The van der Waals surface area contributed by atoms with E-state index in [0.29, 0.717) is 0 Å². The molecule has 0 unspecified atom stereocenters. The van der Waals surface area contributed by atoms with E-state index in [4.69, 9.17) is 55.9 Å². The third-order valence-corrected chi connectivity index (χ3v) is 0. The van der Waals surface area contributed by atoms with Crippen molar-refractivity contribution in [1.29, 1.82) is 0 Å². The summed E-state index contributed by atoms with van der Waals surface area (Å²) in [7, 11) is -14.8. The van der Waals surface area contributed by atoms with Crippen molar-refractivity contribution in [1.82, 2.24) is 0 Å². The third-order valence-electron chi connectivity index (χ3n) is 0. The molecule has 0 atom stereocenters. The molecule has 0 aliphatic carbocycles. The molecule has 0 aliphatic heterocycles. The second kappa shape index (κ2) is 9.90. The SMILES string of the molecule is [Cr+2].[O-][Cl+3]([O-])([O-])[O-].[O-][Cl+3]([O-])([O-])[O-].[O-][Cl+3]([O-])([O-])[O-]. The number of hydrogen-bond acceptors (Lipinski definition) is 12. The summed E-state index contributed by atoms with van der Waals surface area (Å²) in [6.07, 6.45) is 0. The molecule has 0 rings (SSSR count). The summed E-state index contributed by atoms with van der Waals surface area (Å²) >= 11 is 0. The molecular formula is Cl3CrO12-. The van der Waals surface area contributed by atoms with Gasteiger partial charge in [0, 0.05) is 0 Å². The second-order valence-electron chi connectivity index (χ2n) is 1.13. The molecule has 0 aliphatic rings. The fourth-order valence-corrected chi connectivity index (χ4v) is 0. The average Bonchev–Trinajstić information content (AvgIpc) is 1.41. The minimum Gasteiger partial charge on any atom is -0.222 e. The molecule has 0 heterocycles. The van der Waals surface area contributed by atoms with E-state index in [1.807, 2.05) is 0 Å². The molecule has 0 aromatic carbocycles. The van der Waals surface area contributed by atoms with Gasteiger partial charge in [-0.15, -0.1) is 30.7 Å². The zero-order chi connectivity index (χ0) is 13.5. The molecule has 0 spiro atoms. The standard InChI is InChI=1S/3ClHO4.Cr/c3*2-1(3,4)5;/h3*(H,2,3,4,5);/q;;;+2/p-3. The van der Waals surface area contributed by atoms with Crippen LogP contribution >= 0.6 is 0 Å². The Kier molecular flexibility index (Phi) is 15.9. The minimum atomic E-state index is -4.94. The van der Waals surface area contributed by atoms with Gasteiger partial charge in [0.2, 0.25) is 0 Å². The molecule has 0 fully saturated rings. The van der Waals surface area contributed by atoms with Gasteiger partial charge in [-0.1, -0.05) is 0 Å². The maximum absolute atomic E-state index is 8.49. The molecular weight excluding hydrogens is 350 g/mol. The molecule has 12 nitrogen and oxygen atoms in total. The van der Waals surface area contributed by atoms with Crippen LogP contribution in [-0.4, -0.2) is 0 Å². The van der Waals surface area contributed by atoms with Crippen LogP contribution in [0.5, 0.6) is 0 Å². The quantitative estimate of drug-likeness (QED) is 0.393. The number of halogens is 3. The van der Waals surface area contributed by atoms with Crippen LogP contribution in [0.3, 0.4) is 0 Å². The largest absolute Gasteiger partial charge is 2.00 e. The first-order valence-electron chi connectivity index (χ1n) is 1.85. The molecule has 16 heteroatoms. The zero-order valence-corrected chi connectivity index (χ0v) is 9.98. The van der Waals surface area contributed by atoms with Crippen LogP contribution in [0.4, 0.5) is 0 Å². The molecule has 100 valence electrons. The van der Waals surface area contributed by atoms with Crippen LogP contribution < -0.4 is 55.9 Å². The topological polar surface area (TPSA) is 277 Å². The Balaban J connectivity index is -0.0000000655. The van der Waals surface area contributed by atoms with E-state index < -0.39 is 30.7 Å². The molecule has 0 amide bonds. The van der Waals surface area contributed by atoms with Crippen molar-refractivity contribution < 1.29 is 104 Å². The van der Waals surface area contributed by atoms with Gasteiger partial charge in [-0.2, -0.15) is 0 Å². The van der Waals surface area contributed by atoms with Gasteiger partial charge in [0.15, 0.2) is 0 Å². The van der Waals surface area contributed by atoms with Crippen molar-refractivity contribution in [2.45, 2.75) is 0 Å². The van der Waals surface area contributed by atoms with Crippen LogP contribution in [-0.2, 0) is 17.4 Å². The van der Waals surface area contributed by atoms with Gasteiger partial charge in [-0.05, 0) is 0 Å². The second-order valence-corrected chi connectivity index (χ2v) is 3.40. The van der Waals surface area contributed by atoms with Crippen molar-refractivity contribution >= 4 is 0 Å². The summed E-state index contributed by atoms with van der Waals surface area (Å²) in [6, 6.07) is 0. The Morgan fingerprint density at radius 3 is 0.312 bits per heavy atom. The Hall–Kier alpha value is 0.922. The Labute approximate surface area is 104 Å². The normalized spacial score (nSPS) is 11.2. The predicted octanol–water partition coefficient (Wildman–Crippen LogP) is -14.3. The van der Waals surface area contributed by atoms with Crippen LogP contribution in [0, 0.1) is 30.7 Å². The number of rotatable bonds is 0. The molecule has 0 radical (unpaired) electrons. The van der Waals surface area contributed by atoms with E-state index in [2.05, 4.69) is 0 Å². The molecule has 0 N–H and O–H groups in total. The van der Waals surface area contributed by atoms with E-state index in [9.17, 15) is 0 Å². The summed E-state index contributed by atoms with van der Waals surface area (Å²) in [4.78, 5) is 0. The first-order chi connectivity index (χ1) is 6.00. The summed E-state index contributed by atoms with van der Waals surface area (Å²) in [5, 5.41) is 0. The van der Waals surface area contributed by atoms with Crippen LogP contribution in [0.2, 0.25) is 0 Å². The van der Waals surface area contributed by atoms with Gasteiger partial charge in [0.25, 0.3) is 0 Å². The first-order valence-corrected chi connectivity index (χ1v) is 5.55. The van der Waals surface area contributed by atoms with E-state index in [-0.39, 0.29) is 17.4 Å². The van der Waals surface area contributed by atoms with Crippen molar-refractivity contribution in [2.75, 3.05) is 0 Å². The van der Waals surface area contributed by atoms with E-state index in [1.54, 1.807) is 0 Å². The molecule has 0 saturated carbocycles. The van der Waals surface area contributed by atoms with Gasteiger partial charge in [0.05, 0.1) is 0 Å². The Bertz CT molecular complexity index is 91.3. The summed E-state index contributed by atoms with van der Waals surface area (Å²) in [5.74, 6) is 0. The Morgan fingerprint density at radius 2 is 0.312 bits per heavy atom. The summed E-state index contributed by atoms with van der Waals surface area (Å²) in [6.45, 7) is 0. The monoisotopic (exact) mass is 349 g/mol. The van der Waals surface area contributed by atoms with E-state index in [1.165, 1.54) is 0 Å². The van der Waals surface area contributed by atoms with Crippen molar-refractivity contribution in [3.8, 4) is 0 Å². The smallest absolute Gasteiger partial charge is 0.222 e. The average molecular weight is 350 g/mol. The van der Waals surface area contributed by atoms with Crippen molar-refractivity contribution in [2.24, 2.45) is 0 Å². The first kappa shape index (κ1) is 25.7. The van der Waals surface area contributed by atoms with Crippen molar-refractivity contribution in [3.05, 3.63) is 0 Å². The third kappa shape index (κ3) is 3400. The minimum absolute atomic E-state index is 0. The predicted molar refractivity (Wildman–Crippen MR) is 0 cm³/mol. The van der Waals surface area contributed by atoms with Crippen molar-refractivity contribution in [3.63, 3.8) is 0 Å². The van der Waals surface area contributed by atoms with Gasteiger partial charge in [-0.25, -0.2) is 55.9 Å². The fourth-order valence-electron chi connectivity index (χ4n) is 0. The molecule has 0 aromatic heterocycles. The maximum atomic E-state index is 8.49. The zero-order valence-electron chi connectivity index (χ0n) is 6.44. The summed E-state index contributed by atoms with van der Waals surface area (Å²) in [5.41, 5.74) is 0. The van der Waals surface area contributed by atoms with Gasteiger partial charge in [-0.3, -0.25) is 0 Å². The molecule has 0 saturated heterocycles. The summed E-state index contributed by atoms with van der Waals surface area (Å²) < 4.78 is 102. The van der Waals surface area contributed by atoms with Gasteiger partial charge < -0.3 is 0 Å². The van der Waals surface area contributed by atoms with Gasteiger partial charge >= 0.3 is 17.4 Å². The van der Waals surface area contributed by atoms with E-state index in [0.717, 1.165) is 0 Å². The molecule has 0 aromatic rings. The Morgan fingerprint density at radius 1 is 0.312 bits per heavy atom. The van der Waals surface area contributed by atoms with Crippen LogP contribution in [0.1, 0.15) is 0 Å². The molecule has 0 bridgehead atoms. The van der Waals surface area contributed by atoms with Gasteiger partial charge in [0.1, 0.15) is 0 Å². The molecule has 16 heavy (non-hydrogen) atoms. The van der Waals surface area contributed by atoms with E-state index >= 15 is 0 Å². The number of hydrogen-bond donors (Lipinski definition) is 0. The van der Waals surface area contributed by atoms with Crippen LogP contribution in [0.15, 0.2) is 0 Å².